The van der Waals surface area contributed by atoms with Crippen LogP contribution in [0.3, 0.4) is 0 Å². The van der Waals surface area contributed by atoms with Crippen molar-refractivity contribution in [2.75, 3.05) is 0 Å². The van der Waals surface area contributed by atoms with Gasteiger partial charge in [-0.2, -0.15) is 0 Å². The van der Waals surface area contributed by atoms with Crippen molar-refractivity contribution < 1.29 is 0 Å². The van der Waals surface area contributed by atoms with Crippen LogP contribution in [0.25, 0.3) is 94.1 Å². The van der Waals surface area contributed by atoms with Crippen LogP contribution in [0.5, 0.6) is 0 Å². The first-order valence-corrected chi connectivity index (χ1v) is 17.3. The van der Waals surface area contributed by atoms with Gasteiger partial charge in [-0.1, -0.05) is 146 Å². The maximum atomic E-state index is 5.06. The minimum Gasteiger partial charge on any atom is -0.309 e. The topological polar surface area (TPSA) is 30.7 Å². The maximum absolute atomic E-state index is 5.06. The molecular formula is C48H31N3. The van der Waals surface area contributed by atoms with Crippen LogP contribution in [-0.4, -0.2) is 14.5 Å². The van der Waals surface area contributed by atoms with Crippen molar-refractivity contribution in [3.63, 3.8) is 0 Å². The van der Waals surface area contributed by atoms with E-state index in [0.717, 1.165) is 33.8 Å². The van der Waals surface area contributed by atoms with Crippen molar-refractivity contribution in [1.29, 1.82) is 0 Å². The van der Waals surface area contributed by atoms with Crippen molar-refractivity contribution in [2.24, 2.45) is 0 Å². The lowest BCUT2D eigenvalue weighted by Gasteiger charge is -2.12. The summed E-state index contributed by atoms with van der Waals surface area (Å²) in [5.41, 5.74) is 10.8. The van der Waals surface area contributed by atoms with Gasteiger partial charge in [-0.25, -0.2) is 9.97 Å². The Morgan fingerprint density at radius 3 is 1.67 bits per heavy atom. The Morgan fingerprint density at radius 2 is 0.902 bits per heavy atom. The Morgan fingerprint density at radius 1 is 0.333 bits per heavy atom. The molecule has 2 heterocycles. The van der Waals surface area contributed by atoms with Gasteiger partial charge in [0.05, 0.1) is 22.4 Å². The number of rotatable bonds is 5. The molecule has 0 atom stereocenters. The predicted octanol–water partition coefficient (Wildman–Crippen LogP) is 12.5. The van der Waals surface area contributed by atoms with Crippen LogP contribution in [0.4, 0.5) is 0 Å². The second-order valence-electron chi connectivity index (χ2n) is 13.1. The lowest BCUT2D eigenvalue weighted by Crippen LogP contribution is -1.97. The second-order valence-corrected chi connectivity index (χ2v) is 13.1. The molecule has 0 aliphatic carbocycles. The number of para-hydroxylation sites is 1. The van der Waals surface area contributed by atoms with E-state index in [1.165, 1.54) is 54.5 Å². The van der Waals surface area contributed by atoms with Crippen LogP contribution in [0.15, 0.2) is 188 Å². The van der Waals surface area contributed by atoms with Gasteiger partial charge in [0.1, 0.15) is 0 Å². The van der Waals surface area contributed by atoms with Crippen molar-refractivity contribution in [1.82, 2.24) is 14.5 Å². The number of aromatic nitrogens is 3. The zero-order valence-electron chi connectivity index (χ0n) is 27.7. The molecule has 0 amide bonds. The van der Waals surface area contributed by atoms with E-state index in [1.54, 1.807) is 0 Å². The van der Waals surface area contributed by atoms with E-state index < -0.39 is 0 Å². The van der Waals surface area contributed by atoms with E-state index in [-0.39, 0.29) is 0 Å². The van der Waals surface area contributed by atoms with E-state index in [1.807, 2.05) is 36.4 Å². The van der Waals surface area contributed by atoms with Gasteiger partial charge in [0.2, 0.25) is 0 Å². The highest BCUT2D eigenvalue weighted by atomic mass is 15.0. The molecule has 0 unspecified atom stereocenters. The van der Waals surface area contributed by atoms with Crippen LogP contribution in [0.1, 0.15) is 0 Å². The molecule has 0 spiro atoms. The average molecular weight is 650 g/mol. The Hall–Kier alpha value is -6.84. The fraction of sp³-hybridized carbons (Fsp3) is 0. The molecule has 0 bridgehead atoms. The van der Waals surface area contributed by atoms with Crippen molar-refractivity contribution in [3.05, 3.63) is 188 Å². The highest BCUT2D eigenvalue weighted by Gasteiger charge is 2.16. The number of fused-ring (bicyclic) bond motifs is 6. The first-order valence-electron chi connectivity index (χ1n) is 17.3. The molecule has 51 heavy (non-hydrogen) atoms. The Balaban J connectivity index is 1.11. The normalized spacial score (nSPS) is 11.5. The molecule has 3 heteroatoms. The van der Waals surface area contributed by atoms with Crippen LogP contribution in [0, 0.1) is 0 Å². The SMILES string of the molecule is c1ccc(-c2cc(-c3ccc(-n4c5ccccc5c5c6cc(-c7ccc8ccccc8c7)ccc6ccc54)cc3)nc(-c3ccccc3)n2)cc1. The summed E-state index contributed by atoms with van der Waals surface area (Å²) in [6.07, 6.45) is 0. The molecule has 8 aromatic carbocycles. The van der Waals surface area contributed by atoms with Crippen LogP contribution >= 0.6 is 0 Å². The van der Waals surface area contributed by atoms with Gasteiger partial charge in [0.25, 0.3) is 0 Å². The molecule has 10 rings (SSSR count). The first kappa shape index (κ1) is 29.1. The third-order valence-corrected chi connectivity index (χ3v) is 9.99. The highest BCUT2D eigenvalue weighted by Crippen LogP contribution is 2.39. The zero-order chi connectivity index (χ0) is 33.7. The predicted molar refractivity (Wildman–Crippen MR) is 213 cm³/mol. The summed E-state index contributed by atoms with van der Waals surface area (Å²) in [7, 11) is 0. The zero-order valence-corrected chi connectivity index (χ0v) is 27.7. The van der Waals surface area contributed by atoms with Gasteiger partial charge in [-0.3, -0.25) is 0 Å². The summed E-state index contributed by atoms with van der Waals surface area (Å²) >= 11 is 0. The van der Waals surface area contributed by atoms with Crippen LogP contribution in [0.2, 0.25) is 0 Å². The second kappa shape index (κ2) is 11.9. The quantitative estimate of drug-likeness (QED) is 0.186. The van der Waals surface area contributed by atoms with Gasteiger partial charge in [-0.05, 0) is 75.1 Å². The minimum atomic E-state index is 0.716. The summed E-state index contributed by atoms with van der Waals surface area (Å²) < 4.78 is 2.39. The summed E-state index contributed by atoms with van der Waals surface area (Å²) in [5, 5.41) is 7.51. The Labute approximate surface area is 295 Å². The third-order valence-electron chi connectivity index (χ3n) is 9.99. The van der Waals surface area contributed by atoms with Gasteiger partial charge in [0, 0.05) is 33.2 Å². The molecule has 0 N–H and O–H groups in total. The number of hydrogen-bond donors (Lipinski definition) is 0. The molecule has 0 fully saturated rings. The van der Waals surface area contributed by atoms with Crippen LogP contribution < -0.4 is 0 Å². The van der Waals surface area contributed by atoms with E-state index in [0.29, 0.717) is 5.82 Å². The number of nitrogens with zero attached hydrogens (tertiary/aromatic N) is 3. The van der Waals surface area contributed by atoms with Crippen molar-refractivity contribution in [3.8, 4) is 50.7 Å². The monoisotopic (exact) mass is 649 g/mol. The van der Waals surface area contributed by atoms with Crippen LogP contribution in [-0.2, 0) is 0 Å². The molecule has 0 saturated carbocycles. The third kappa shape index (κ3) is 5.06. The molecule has 3 nitrogen and oxygen atoms in total. The summed E-state index contributed by atoms with van der Waals surface area (Å²) in [4.78, 5) is 10.0. The standard InChI is InChI=1S/C48H31N3/c1-3-12-34(13-4-1)43-31-44(50-48(49-43)36-14-5-2-6-15-36)35-23-26-40(27-24-35)51-45-18-10-9-17-41(45)47-42-30-39(22-20-33(42)25-28-46(47)51)38-21-19-32-11-7-8-16-37(32)29-38/h1-31H. The van der Waals surface area contributed by atoms with Crippen molar-refractivity contribution >= 4 is 43.4 Å². The van der Waals surface area contributed by atoms with Gasteiger partial charge in [-0.15, -0.1) is 0 Å². The average Bonchev–Trinajstić information content (AvgIpc) is 3.56. The molecule has 0 radical (unpaired) electrons. The van der Waals surface area contributed by atoms with E-state index >= 15 is 0 Å². The molecule has 0 aliphatic rings. The molecule has 10 aromatic rings. The Kier molecular flexibility index (Phi) is 6.81. The van der Waals surface area contributed by atoms with Gasteiger partial charge in [0.15, 0.2) is 5.82 Å². The Bertz CT molecular complexity index is 2830. The molecule has 238 valence electrons. The minimum absolute atomic E-state index is 0.716. The van der Waals surface area contributed by atoms with Crippen molar-refractivity contribution in [2.45, 2.75) is 0 Å². The fourth-order valence-electron chi connectivity index (χ4n) is 7.46. The van der Waals surface area contributed by atoms with E-state index in [4.69, 9.17) is 9.97 Å². The highest BCUT2D eigenvalue weighted by molar-refractivity contribution is 6.21. The van der Waals surface area contributed by atoms with Gasteiger partial charge < -0.3 is 4.57 Å². The summed E-state index contributed by atoms with van der Waals surface area (Å²) in [6, 6.07) is 66.9. The smallest absolute Gasteiger partial charge is 0.160 e. The lowest BCUT2D eigenvalue weighted by molar-refractivity contribution is 1.17. The molecule has 0 saturated heterocycles. The van der Waals surface area contributed by atoms with E-state index in [9.17, 15) is 0 Å². The number of benzene rings is 8. The maximum Gasteiger partial charge on any atom is 0.160 e. The van der Waals surface area contributed by atoms with Gasteiger partial charge >= 0.3 is 0 Å². The summed E-state index contributed by atoms with van der Waals surface area (Å²) in [5.74, 6) is 0.716. The number of hydrogen-bond acceptors (Lipinski definition) is 2. The largest absolute Gasteiger partial charge is 0.309 e. The molecule has 0 aliphatic heterocycles. The summed E-state index contributed by atoms with van der Waals surface area (Å²) in [6.45, 7) is 0. The first-order chi connectivity index (χ1) is 25.3. The lowest BCUT2D eigenvalue weighted by atomic mass is 9.96. The van der Waals surface area contributed by atoms with E-state index in [2.05, 4.69) is 156 Å². The molecule has 2 aromatic heterocycles. The molecular weight excluding hydrogens is 619 g/mol. The fourth-order valence-corrected chi connectivity index (χ4v) is 7.46.